The number of carbonyl (C=O) groups excluding carboxylic acids is 1. The molecule has 0 saturated carbocycles. The Labute approximate surface area is 108 Å². The Morgan fingerprint density at radius 1 is 1.44 bits per heavy atom. The quantitative estimate of drug-likeness (QED) is 0.725. The SMILES string of the molecule is CC(C)(C)OC(=O)N1CC[C@H](CC#N)[C@H](F)CC1. The van der Waals surface area contributed by atoms with Crippen molar-refractivity contribution in [3.8, 4) is 6.07 Å². The summed E-state index contributed by atoms with van der Waals surface area (Å²) in [6.07, 6.45) is -0.382. The average Bonchev–Trinajstić information content (AvgIpc) is 2.40. The summed E-state index contributed by atoms with van der Waals surface area (Å²) in [5, 5.41) is 8.63. The van der Waals surface area contributed by atoms with Gasteiger partial charge >= 0.3 is 6.09 Å². The number of carbonyl (C=O) groups is 1. The number of likely N-dealkylation sites (tertiary alicyclic amines) is 1. The van der Waals surface area contributed by atoms with Crippen LogP contribution in [-0.4, -0.2) is 35.9 Å². The Kier molecular flexibility index (Phi) is 4.94. The molecule has 1 aliphatic heterocycles. The highest BCUT2D eigenvalue weighted by Gasteiger charge is 2.30. The molecule has 0 aromatic heterocycles. The lowest BCUT2D eigenvalue weighted by Gasteiger charge is -2.26. The van der Waals surface area contributed by atoms with E-state index in [1.165, 1.54) is 4.90 Å². The van der Waals surface area contributed by atoms with Crippen LogP contribution in [0.4, 0.5) is 9.18 Å². The third-order valence-electron chi connectivity index (χ3n) is 2.96. The van der Waals surface area contributed by atoms with E-state index in [4.69, 9.17) is 10.00 Å². The molecule has 0 unspecified atom stereocenters. The molecule has 0 bridgehead atoms. The first-order valence-electron chi connectivity index (χ1n) is 6.32. The Bertz CT molecular complexity index is 333. The van der Waals surface area contributed by atoms with Crippen LogP contribution in [0.5, 0.6) is 0 Å². The van der Waals surface area contributed by atoms with E-state index in [-0.39, 0.29) is 18.8 Å². The maximum Gasteiger partial charge on any atom is 0.410 e. The number of rotatable bonds is 1. The van der Waals surface area contributed by atoms with Gasteiger partial charge in [-0.2, -0.15) is 5.26 Å². The number of amides is 1. The van der Waals surface area contributed by atoms with Crippen molar-refractivity contribution in [2.24, 2.45) is 5.92 Å². The van der Waals surface area contributed by atoms with Crippen molar-refractivity contribution in [1.82, 2.24) is 4.90 Å². The van der Waals surface area contributed by atoms with Gasteiger partial charge in [0, 0.05) is 25.4 Å². The molecule has 102 valence electrons. The second kappa shape index (κ2) is 6.03. The molecule has 1 fully saturated rings. The lowest BCUT2D eigenvalue weighted by molar-refractivity contribution is 0.0254. The summed E-state index contributed by atoms with van der Waals surface area (Å²) in [6, 6.07) is 2.00. The number of hydrogen-bond acceptors (Lipinski definition) is 3. The molecule has 0 N–H and O–H groups in total. The maximum atomic E-state index is 13.7. The largest absolute Gasteiger partial charge is 0.444 e. The fourth-order valence-corrected chi connectivity index (χ4v) is 1.99. The highest BCUT2D eigenvalue weighted by atomic mass is 19.1. The van der Waals surface area contributed by atoms with Gasteiger partial charge in [0.15, 0.2) is 0 Å². The fourth-order valence-electron chi connectivity index (χ4n) is 1.99. The minimum Gasteiger partial charge on any atom is -0.444 e. The molecule has 1 amide bonds. The molecule has 0 aliphatic carbocycles. The van der Waals surface area contributed by atoms with E-state index in [1.54, 1.807) is 20.8 Å². The van der Waals surface area contributed by atoms with E-state index in [1.807, 2.05) is 6.07 Å². The van der Waals surface area contributed by atoms with Crippen LogP contribution in [0.1, 0.15) is 40.0 Å². The maximum absolute atomic E-state index is 13.7. The summed E-state index contributed by atoms with van der Waals surface area (Å²) in [6.45, 7) is 6.23. The lowest BCUT2D eigenvalue weighted by atomic mass is 9.96. The molecule has 1 saturated heterocycles. The van der Waals surface area contributed by atoms with Crippen molar-refractivity contribution < 1.29 is 13.9 Å². The summed E-state index contributed by atoms with van der Waals surface area (Å²) in [4.78, 5) is 13.4. The molecule has 0 aromatic carbocycles. The van der Waals surface area contributed by atoms with Crippen molar-refractivity contribution in [2.45, 2.75) is 51.8 Å². The van der Waals surface area contributed by atoms with E-state index in [9.17, 15) is 9.18 Å². The topological polar surface area (TPSA) is 53.3 Å². The van der Waals surface area contributed by atoms with E-state index >= 15 is 0 Å². The summed E-state index contributed by atoms with van der Waals surface area (Å²) in [7, 11) is 0. The standard InChI is InChI=1S/C13H21FN2O2/c1-13(2,3)18-12(17)16-8-5-10(4-7-15)11(14)6-9-16/h10-11H,4-6,8-9H2,1-3H3/t10-,11+/m0/s1. The second-order valence-electron chi connectivity index (χ2n) is 5.68. The zero-order valence-corrected chi connectivity index (χ0v) is 11.3. The monoisotopic (exact) mass is 256 g/mol. The van der Waals surface area contributed by atoms with E-state index in [0.29, 0.717) is 19.5 Å². The van der Waals surface area contributed by atoms with Gasteiger partial charge in [0.25, 0.3) is 0 Å². The van der Waals surface area contributed by atoms with Crippen molar-refractivity contribution in [2.75, 3.05) is 13.1 Å². The van der Waals surface area contributed by atoms with Gasteiger partial charge < -0.3 is 9.64 Å². The Balaban J connectivity index is 2.56. The zero-order valence-electron chi connectivity index (χ0n) is 11.3. The molecule has 0 aromatic rings. The van der Waals surface area contributed by atoms with Gasteiger partial charge in [0.05, 0.1) is 6.07 Å². The first-order valence-corrected chi connectivity index (χ1v) is 6.32. The highest BCUT2D eigenvalue weighted by molar-refractivity contribution is 5.68. The third-order valence-corrected chi connectivity index (χ3v) is 2.96. The number of alkyl halides is 1. The molecule has 1 aliphatic rings. The van der Waals surface area contributed by atoms with E-state index < -0.39 is 17.9 Å². The Hall–Kier alpha value is -1.31. The summed E-state index contributed by atoms with van der Waals surface area (Å²) >= 11 is 0. The smallest absolute Gasteiger partial charge is 0.410 e. The van der Waals surface area contributed by atoms with Crippen LogP contribution >= 0.6 is 0 Å². The zero-order chi connectivity index (χ0) is 13.8. The van der Waals surface area contributed by atoms with Crippen LogP contribution < -0.4 is 0 Å². The number of ether oxygens (including phenoxy) is 1. The van der Waals surface area contributed by atoms with Gasteiger partial charge in [-0.15, -0.1) is 0 Å². The van der Waals surface area contributed by atoms with Crippen LogP contribution in [0, 0.1) is 17.2 Å². The molecule has 1 heterocycles. The number of hydrogen-bond donors (Lipinski definition) is 0. The first-order chi connectivity index (χ1) is 8.33. The number of nitrogens with zero attached hydrogens (tertiary/aromatic N) is 2. The highest BCUT2D eigenvalue weighted by Crippen LogP contribution is 2.24. The normalized spacial score (nSPS) is 25.2. The van der Waals surface area contributed by atoms with Gasteiger partial charge in [-0.05, 0) is 33.6 Å². The minimum absolute atomic E-state index is 0.212. The molecule has 18 heavy (non-hydrogen) atoms. The van der Waals surface area contributed by atoms with E-state index in [2.05, 4.69) is 0 Å². The van der Waals surface area contributed by atoms with Crippen molar-refractivity contribution in [3.63, 3.8) is 0 Å². The second-order valence-corrected chi connectivity index (χ2v) is 5.68. The number of nitriles is 1. The molecule has 0 spiro atoms. The molecule has 1 rings (SSSR count). The van der Waals surface area contributed by atoms with Crippen molar-refractivity contribution in [1.29, 1.82) is 5.26 Å². The van der Waals surface area contributed by atoms with Gasteiger partial charge in [0.2, 0.25) is 0 Å². The van der Waals surface area contributed by atoms with E-state index in [0.717, 1.165) is 0 Å². The van der Waals surface area contributed by atoms with Crippen LogP contribution in [0.25, 0.3) is 0 Å². The van der Waals surface area contributed by atoms with Crippen molar-refractivity contribution >= 4 is 6.09 Å². The molecular weight excluding hydrogens is 235 g/mol. The molecule has 0 radical (unpaired) electrons. The molecule has 5 heteroatoms. The Morgan fingerprint density at radius 3 is 2.61 bits per heavy atom. The molecular formula is C13H21FN2O2. The molecule has 2 atom stereocenters. The van der Waals surface area contributed by atoms with Gasteiger partial charge in [0.1, 0.15) is 11.8 Å². The minimum atomic E-state index is -1.00. The van der Waals surface area contributed by atoms with Crippen molar-refractivity contribution in [3.05, 3.63) is 0 Å². The van der Waals surface area contributed by atoms with Crippen LogP contribution in [0.3, 0.4) is 0 Å². The predicted octanol–water partition coefficient (Wildman–Crippen LogP) is 2.89. The van der Waals surface area contributed by atoms with Crippen LogP contribution in [0.2, 0.25) is 0 Å². The van der Waals surface area contributed by atoms with Crippen LogP contribution in [0.15, 0.2) is 0 Å². The Morgan fingerprint density at radius 2 is 2.06 bits per heavy atom. The number of halogens is 1. The predicted molar refractivity (Wildman–Crippen MR) is 65.7 cm³/mol. The third kappa shape index (κ3) is 4.52. The fraction of sp³-hybridized carbons (Fsp3) is 0.846. The van der Waals surface area contributed by atoms with Gasteiger partial charge in [-0.1, -0.05) is 0 Å². The van der Waals surface area contributed by atoms with Crippen LogP contribution in [-0.2, 0) is 4.74 Å². The van der Waals surface area contributed by atoms with Gasteiger partial charge in [-0.3, -0.25) is 0 Å². The molecule has 4 nitrogen and oxygen atoms in total. The average molecular weight is 256 g/mol. The summed E-state index contributed by atoms with van der Waals surface area (Å²) in [5.41, 5.74) is -0.537. The summed E-state index contributed by atoms with van der Waals surface area (Å²) < 4.78 is 19.0. The first kappa shape index (κ1) is 14.7. The lowest BCUT2D eigenvalue weighted by Crippen LogP contribution is -2.37. The summed E-state index contributed by atoms with van der Waals surface area (Å²) in [5.74, 6) is -0.262. The van der Waals surface area contributed by atoms with Gasteiger partial charge in [-0.25, -0.2) is 9.18 Å².